The van der Waals surface area contributed by atoms with E-state index in [9.17, 15) is 0 Å². The van der Waals surface area contributed by atoms with Gasteiger partial charge in [-0.1, -0.05) is 69.6 Å². The maximum absolute atomic E-state index is 6.20. The van der Waals surface area contributed by atoms with Gasteiger partial charge in [0.1, 0.15) is 10.6 Å². The highest BCUT2D eigenvalue weighted by Gasteiger charge is 2.21. The Morgan fingerprint density at radius 2 is 1.26 bits per heavy atom. The van der Waals surface area contributed by atoms with Gasteiger partial charge in [0.05, 0.1) is 30.5 Å². The summed E-state index contributed by atoms with van der Waals surface area (Å²) < 4.78 is 5.63. The van der Waals surface area contributed by atoms with Crippen LogP contribution in [-0.2, 0) is 0 Å². The third kappa shape index (κ3) is 1.99. The van der Waals surface area contributed by atoms with E-state index in [2.05, 4.69) is 0 Å². The second-order valence-electron chi connectivity index (χ2n) is 3.82. The highest BCUT2D eigenvalue weighted by Crippen LogP contribution is 2.47. The van der Waals surface area contributed by atoms with Gasteiger partial charge in [-0.15, -0.1) is 0 Å². The molecule has 0 bridgehead atoms. The maximum atomic E-state index is 6.20. The Labute approximate surface area is 137 Å². The van der Waals surface area contributed by atoms with Crippen LogP contribution in [0.15, 0.2) is 16.5 Å². The monoisotopic (exact) mass is 372 g/mol. The van der Waals surface area contributed by atoms with Crippen molar-refractivity contribution in [1.29, 1.82) is 0 Å². The van der Waals surface area contributed by atoms with Crippen molar-refractivity contribution in [2.75, 3.05) is 0 Å². The van der Waals surface area contributed by atoms with E-state index in [1.165, 1.54) is 6.07 Å². The van der Waals surface area contributed by atoms with Crippen molar-refractivity contribution < 1.29 is 4.42 Å². The summed E-state index contributed by atoms with van der Waals surface area (Å²) in [5, 5.41) is 2.86. The van der Waals surface area contributed by atoms with Crippen LogP contribution in [0.1, 0.15) is 0 Å². The van der Waals surface area contributed by atoms with Crippen molar-refractivity contribution in [3.8, 4) is 0 Å². The van der Waals surface area contributed by atoms with E-state index in [1.54, 1.807) is 6.07 Å². The predicted molar refractivity (Wildman–Crippen MR) is 83.8 cm³/mol. The summed E-state index contributed by atoms with van der Waals surface area (Å²) in [5.74, 6) is 0. The standard InChI is InChI=1S/C12H2Cl6O/c13-3-1-4(14)10(17)12-7(3)8-6(19-12)2-5(15)9(16)11(8)18/h1-2H. The number of furan rings is 1. The third-order valence-corrected chi connectivity index (χ3v) is 5.05. The maximum Gasteiger partial charge on any atom is 0.157 e. The Kier molecular flexibility index (Phi) is 3.50. The van der Waals surface area contributed by atoms with Gasteiger partial charge in [0.25, 0.3) is 0 Å². The number of halogens is 6. The Morgan fingerprint density at radius 3 is 1.95 bits per heavy atom. The molecule has 19 heavy (non-hydrogen) atoms. The lowest BCUT2D eigenvalue weighted by Crippen LogP contribution is -1.77. The average Bonchev–Trinajstić information content (AvgIpc) is 2.73. The van der Waals surface area contributed by atoms with Crippen LogP contribution in [0.5, 0.6) is 0 Å². The van der Waals surface area contributed by atoms with Crippen LogP contribution in [-0.4, -0.2) is 0 Å². The van der Waals surface area contributed by atoms with Crippen molar-refractivity contribution in [2.24, 2.45) is 0 Å². The normalized spacial score (nSPS) is 11.7. The molecule has 1 heterocycles. The van der Waals surface area contributed by atoms with E-state index in [-0.39, 0.29) is 20.1 Å². The molecule has 0 saturated carbocycles. The minimum atomic E-state index is 0.237. The summed E-state index contributed by atoms with van der Waals surface area (Å²) in [4.78, 5) is 0. The number of hydrogen-bond acceptors (Lipinski definition) is 1. The molecule has 7 heteroatoms. The first-order valence-electron chi connectivity index (χ1n) is 4.95. The summed E-state index contributed by atoms with van der Waals surface area (Å²) in [6.07, 6.45) is 0. The van der Waals surface area contributed by atoms with E-state index < -0.39 is 0 Å². The molecule has 3 aromatic rings. The lowest BCUT2D eigenvalue weighted by Gasteiger charge is -2.01. The first kappa shape index (κ1) is 13.9. The lowest BCUT2D eigenvalue weighted by atomic mass is 10.1. The van der Waals surface area contributed by atoms with Crippen LogP contribution in [0.2, 0.25) is 30.1 Å². The Hall–Kier alpha value is -0.0200. The van der Waals surface area contributed by atoms with Gasteiger partial charge in [-0.05, 0) is 6.07 Å². The SMILES string of the molecule is Clc1cc2oc3c(Cl)c(Cl)cc(Cl)c3c2c(Cl)c1Cl. The van der Waals surface area contributed by atoms with E-state index >= 15 is 0 Å². The average molecular weight is 375 g/mol. The molecule has 98 valence electrons. The van der Waals surface area contributed by atoms with Gasteiger partial charge in [0.15, 0.2) is 5.58 Å². The molecule has 1 nitrogen and oxygen atoms in total. The Bertz CT molecular complexity index is 836. The quantitative estimate of drug-likeness (QED) is 0.293. The van der Waals surface area contributed by atoms with Gasteiger partial charge >= 0.3 is 0 Å². The fourth-order valence-corrected chi connectivity index (χ4v) is 3.31. The highest BCUT2D eigenvalue weighted by molar-refractivity contribution is 6.53. The molecular formula is C12H2Cl6O. The topological polar surface area (TPSA) is 13.1 Å². The molecule has 0 spiro atoms. The zero-order valence-corrected chi connectivity index (χ0v) is 13.4. The van der Waals surface area contributed by atoms with E-state index in [0.29, 0.717) is 32.0 Å². The molecular weight excluding hydrogens is 373 g/mol. The molecule has 0 aliphatic rings. The first-order chi connectivity index (χ1) is 8.91. The van der Waals surface area contributed by atoms with Crippen LogP contribution in [0.4, 0.5) is 0 Å². The van der Waals surface area contributed by atoms with Crippen molar-refractivity contribution in [1.82, 2.24) is 0 Å². The molecule has 0 fully saturated rings. The summed E-state index contributed by atoms with van der Waals surface area (Å²) >= 11 is 36.4. The molecule has 3 rings (SSSR count). The summed E-state index contributed by atoms with van der Waals surface area (Å²) in [7, 11) is 0. The van der Waals surface area contributed by atoms with Crippen LogP contribution < -0.4 is 0 Å². The Balaban J connectivity index is 2.66. The first-order valence-corrected chi connectivity index (χ1v) is 7.21. The Morgan fingerprint density at radius 1 is 0.632 bits per heavy atom. The molecule has 2 aromatic carbocycles. The van der Waals surface area contributed by atoms with Crippen molar-refractivity contribution in [3.05, 3.63) is 42.3 Å². The molecule has 0 radical (unpaired) electrons. The minimum absolute atomic E-state index is 0.237. The molecule has 0 N–H and O–H groups in total. The third-order valence-electron chi connectivity index (χ3n) is 2.72. The van der Waals surface area contributed by atoms with Crippen molar-refractivity contribution in [2.45, 2.75) is 0 Å². The minimum Gasteiger partial charge on any atom is -0.454 e. The second kappa shape index (κ2) is 4.77. The van der Waals surface area contributed by atoms with E-state index in [4.69, 9.17) is 74.0 Å². The van der Waals surface area contributed by atoms with E-state index in [1.807, 2.05) is 0 Å². The number of hydrogen-bond donors (Lipinski definition) is 0. The van der Waals surface area contributed by atoms with E-state index in [0.717, 1.165) is 0 Å². The number of benzene rings is 2. The van der Waals surface area contributed by atoms with Gasteiger partial charge in [-0.3, -0.25) is 0 Å². The molecule has 0 saturated heterocycles. The van der Waals surface area contributed by atoms with Gasteiger partial charge in [0, 0.05) is 11.5 Å². The zero-order chi connectivity index (χ0) is 13.9. The van der Waals surface area contributed by atoms with Crippen LogP contribution in [0, 0.1) is 0 Å². The molecule has 0 atom stereocenters. The molecule has 0 aliphatic carbocycles. The summed E-state index contributed by atoms with van der Waals surface area (Å²) in [6, 6.07) is 3.09. The zero-order valence-electron chi connectivity index (χ0n) is 8.83. The lowest BCUT2D eigenvalue weighted by molar-refractivity contribution is 0.669. The van der Waals surface area contributed by atoms with Gasteiger partial charge in [-0.25, -0.2) is 0 Å². The van der Waals surface area contributed by atoms with Crippen LogP contribution >= 0.6 is 69.6 Å². The highest BCUT2D eigenvalue weighted by atomic mass is 35.5. The van der Waals surface area contributed by atoms with Gasteiger partial charge in [0.2, 0.25) is 0 Å². The fourth-order valence-electron chi connectivity index (χ4n) is 1.90. The number of rotatable bonds is 0. The van der Waals surface area contributed by atoms with Gasteiger partial charge < -0.3 is 4.42 Å². The molecule has 1 aromatic heterocycles. The number of fused-ring (bicyclic) bond motifs is 3. The van der Waals surface area contributed by atoms with Crippen molar-refractivity contribution >= 4 is 91.5 Å². The molecule has 0 aliphatic heterocycles. The van der Waals surface area contributed by atoms with Crippen molar-refractivity contribution in [3.63, 3.8) is 0 Å². The summed E-state index contributed by atoms with van der Waals surface area (Å²) in [5.41, 5.74) is 0.801. The molecule has 0 unspecified atom stereocenters. The smallest absolute Gasteiger partial charge is 0.157 e. The predicted octanol–water partition coefficient (Wildman–Crippen LogP) is 7.51. The van der Waals surface area contributed by atoms with Crippen LogP contribution in [0.25, 0.3) is 21.9 Å². The second-order valence-corrected chi connectivity index (χ2v) is 6.18. The van der Waals surface area contributed by atoms with Crippen LogP contribution in [0.3, 0.4) is 0 Å². The molecule has 0 amide bonds. The summed E-state index contributed by atoms with van der Waals surface area (Å²) in [6.45, 7) is 0. The largest absolute Gasteiger partial charge is 0.454 e. The van der Waals surface area contributed by atoms with Gasteiger partial charge in [-0.2, -0.15) is 0 Å². The fraction of sp³-hybridized carbons (Fsp3) is 0.